The standard InChI is InChI=1S/C23H26N2O2/c26-22(18-11-9-17(10-12-18)16-5-2-1-3-6-16)24-20-7-4-8-21(15-20)25-23(27)19-13-14-19/h4,7-12,15-16,19H,1-3,5-6,13-14H2,(H,24,26)(H,25,27). The fourth-order valence-corrected chi connectivity index (χ4v) is 3.81. The molecular formula is C23H26N2O2. The fourth-order valence-electron chi connectivity index (χ4n) is 3.81. The van der Waals surface area contributed by atoms with Gasteiger partial charge in [-0.1, -0.05) is 37.5 Å². The largest absolute Gasteiger partial charge is 0.326 e. The second-order valence-electron chi connectivity index (χ2n) is 7.76. The van der Waals surface area contributed by atoms with Crippen LogP contribution in [0.4, 0.5) is 11.4 Å². The SMILES string of the molecule is O=C(Nc1cccc(NC(=O)C2CC2)c1)c1ccc(C2CCCCC2)cc1. The van der Waals surface area contributed by atoms with Gasteiger partial charge in [0.1, 0.15) is 0 Å². The van der Waals surface area contributed by atoms with Gasteiger partial charge in [0.15, 0.2) is 0 Å². The number of amides is 2. The summed E-state index contributed by atoms with van der Waals surface area (Å²) in [5, 5.41) is 5.84. The highest BCUT2D eigenvalue weighted by Gasteiger charge is 2.29. The molecule has 0 unspecified atom stereocenters. The number of anilines is 2. The number of carbonyl (C=O) groups is 2. The lowest BCUT2D eigenvalue weighted by atomic mass is 9.84. The Morgan fingerprint density at radius 3 is 2.11 bits per heavy atom. The van der Waals surface area contributed by atoms with Crippen LogP contribution >= 0.6 is 0 Å². The predicted molar refractivity (Wildman–Crippen MR) is 108 cm³/mol. The molecule has 2 aliphatic carbocycles. The Hall–Kier alpha value is -2.62. The molecule has 2 fully saturated rings. The van der Waals surface area contributed by atoms with E-state index in [-0.39, 0.29) is 17.7 Å². The maximum absolute atomic E-state index is 12.6. The van der Waals surface area contributed by atoms with E-state index < -0.39 is 0 Å². The van der Waals surface area contributed by atoms with E-state index in [4.69, 9.17) is 0 Å². The maximum Gasteiger partial charge on any atom is 0.255 e. The lowest BCUT2D eigenvalue weighted by molar-refractivity contribution is -0.117. The summed E-state index contributed by atoms with van der Waals surface area (Å²) in [7, 11) is 0. The molecule has 0 aliphatic heterocycles. The molecule has 0 bridgehead atoms. The summed E-state index contributed by atoms with van der Waals surface area (Å²) in [6, 6.07) is 15.3. The molecule has 2 aliphatic rings. The summed E-state index contributed by atoms with van der Waals surface area (Å²) in [6.07, 6.45) is 8.41. The quantitative estimate of drug-likeness (QED) is 0.755. The summed E-state index contributed by atoms with van der Waals surface area (Å²) >= 11 is 0. The molecule has 140 valence electrons. The van der Waals surface area contributed by atoms with Gasteiger partial charge in [-0.2, -0.15) is 0 Å². The Bertz CT molecular complexity index is 819. The van der Waals surface area contributed by atoms with Crippen LogP contribution < -0.4 is 10.6 Å². The topological polar surface area (TPSA) is 58.2 Å². The molecule has 2 aromatic carbocycles. The lowest BCUT2D eigenvalue weighted by Crippen LogP contribution is -2.15. The van der Waals surface area contributed by atoms with Crippen LogP contribution in [0, 0.1) is 5.92 Å². The number of nitrogens with one attached hydrogen (secondary N) is 2. The van der Waals surface area contributed by atoms with Gasteiger partial charge in [-0.05, 0) is 67.5 Å². The van der Waals surface area contributed by atoms with E-state index in [9.17, 15) is 9.59 Å². The number of benzene rings is 2. The van der Waals surface area contributed by atoms with Crippen LogP contribution in [0.3, 0.4) is 0 Å². The van der Waals surface area contributed by atoms with Crippen molar-refractivity contribution in [3.8, 4) is 0 Å². The average molecular weight is 362 g/mol. The van der Waals surface area contributed by atoms with Gasteiger partial charge >= 0.3 is 0 Å². The van der Waals surface area contributed by atoms with Crippen molar-refractivity contribution in [3.63, 3.8) is 0 Å². The first-order valence-electron chi connectivity index (χ1n) is 10.0. The van der Waals surface area contributed by atoms with Gasteiger partial charge in [-0.15, -0.1) is 0 Å². The van der Waals surface area contributed by atoms with E-state index in [1.807, 2.05) is 30.3 Å². The van der Waals surface area contributed by atoms with Gasteiger partial charge < -0.3 is 10.6 Å². The van der Waals surface area contributed by atoms with Crippen LogP contribution in [0.2, 0.25) is 0 Å². The average Bonchev–Trinajstić information content (AvgIpc) is 3.54. The Morgan fingerprint density at radius 1 is 0.778 bits per heavy atom. The van der Waals surface area contributed by atoms with Crippen LogP contribution in [0.5, 0.6) is 0 Å². The van der Waals surface area contributed by atoms with Gasteiger partial charge in [-0.25, -0.2) is 0 Å². The number of hydrogen-bond donors (Lipinski definition) is 2. The van der Waals surface area contributed by atoms with E-state index in [0.29, 0.717) is 17.2 Å². The monoisotopic (exact) mass is 362 g/mol. The van der Waals surface area contributed by atoms with Crippen molar-refractivity contribution in [3.05, 3.63) is 59.7 Å². The molecule has 2 aromatic rings. The van der Waals surface area contributed by atoms with Crippen molar-refractivity contribution in [2.45, 2.75) is 50.9 Å². The van der Waals surface area contributed by atoms with Crippen LogP contribution in [0.15, 0.2) is 48.5 Å². The summed E-state index contributed by atoms with van der Waals surface area (Å²) in [5.74, 6) is 0.737. The molecule has 0 saturated heterocycles. The molecule has 2 N–H and O–H groups in total. The van der Waals surface area contributed by atoms with Crippen molar-refractivity contribution in [2.24, 2.45) is 5.92 Å². The number of hydrogen-bond acceptors (Lipinski definition) is 2. The fraction of sp³-hybridized carbons (Fsp3) is 0.391. The minimum Gasteiger partial charge on any atom is -0.326 e. The third-order valence-electron chi connectivity index (χ3n) is 5.59. The van der Waals surface area contributed by atoms with Gasteiger partial charge in [0, 0.05) is 22.9 Å². The molecular weight excluding hydrogens is 336 g/mol. The molecule has 4 heteroatoms. The highest BCUT2D eigenvalue weighted by atomic mass is 16.2. The summed E-state index contributed by atoms with van der Waals surface area (Å²) in [5.41, 5.74) is 3.40. The Morgan fingerprint density at radius 2 is 1.44 bits per heavy atom. The Labute approximate surface area is 160 Å². The lowest BCUT2D eigenvalue weighted by Gasteiger charge is -2.22. The van der Waals surface area contributed by atoms with Crippen LogP contribution in [-0.4, -0.2) is 11.8 Å². The molecule has 0 heterocycles. The second kappa shape index (κ2) is 7.95. The molecule has 0 atom stereocenters. The van der Waals surface area contributed by atoms with Crippen LogP contribution in [-0.2, 0) is 4.79 Å². The molecule has 2 amide bonds. The summed E-state index contributed by atoms with van der Waals surface area (Å²) in [4.78, 5) is 24.4. The highest BCUT2D eigenvalue weighted by molar-refractivity contribution is 6.04. The van der Waals surface area contributed by atoms with E-state index in [1.165, 1.54) is 37.7 Å². The Kier molecular flexibility index (Phi) is 5.23. The summed E-state index contributed by atoms with van der Waals surface area (Å²) < 4.78 is 0. The molecule has 0 aromatic heterocycles. The zero-order chi connectivity index (χ0) is 18.6. The normalized spacial score (nSPS) is 17.3. The van der Waals surface area contributed by atoms with Gasteiger partial charge in [0.05, 0.1) is 0 Å². The summed E-state index contributed by atoms with van der Waals surface area (Å²) in [6.45, 7) is 0. The first kappa shape index (κ1) is 17.8. The molecule has 4 nitrogen and oxygen atoms in total. The van der Waals surface area contributed by atoms with Gasteiger partial charge in [0.25, 0.3) is 5.91 Å². The van der Waals surface area contributed by atoms with Crippen molar-refractivity contribution >= 4 is 23.2 Å². The van der Waals surface area contributed by atoms with E-state index in [2.05, 4.69) is 22.8 Å². The minimum absolute atomic E-state index is 0.0665. The third kappa shape index (κ3) is 4.57. The van der Waals surface area contributed by atoms with Crippen molar-refractivity contribution in [1.82, 2.24) is 0 Å². The van der Waals surface area contributed by atoms with Crippen LogP contribution in [0.1, 0.15) is 66.8 Å². The van der Waals surface area contributed by atoms with E-state index in [1.54, 1.807) is 6.07 Å². The first-order chi connectivity index (χ1) is 13.2. The zero-order valence-corrected chi connectivity index (χ0v) is 15.5. The molecule has 0 radical (unpaired) electrons. The molecule has 2 saturated carbocycles. The minimum atomic E-state index is -0.129. The highest BCUT2D eigenvalue weighted by Crippen LogP contribution is 2.33. The van der Waals surface area contributed by atoms with Crippen molar-refractivity contribution < 1.29 is 9.59 Å². The van der Waals surface area contributed by atoms with Crippen molar-refractivity contribution in [2.75, 3.05) is 10.6 Å². The molecule has 0 spiro atoms. The number of carbonyl (C=O) groups excluding carboxylic acids is 2. The van der Waals surface area contributed by atoms with Gasteiger partial charge in [0.2, 0.25) is 5.91 Å². The maximum atomic E-state index is 12.6. The first-order valence-corrected chi connectivity index (χ1v) is 10.0. The zero-order valence-electron chi connectivity index (χ0n) is 15.5. The van der Waals surface area contributed by atoms with Gasteiger partial charge in [-0.3, -0.25) is 9.59 Å². The second-order valence-corrected chi connectivity index (χ2v) is 7.76. The predicted octanol–water partition coefficient (Wildman–Crippen LogP) is 5.34. The Balaban J connectivity index is 1.38. The smallest absolute Gasteiger partial charge is 0.255 e. The molecule has 4 rings (SSSR count). The van der Waals surface area contributed by atoms with E-state index >= 15 is 0 Å². The van der Waals surface area contributed by atoms with Crippen molar-refractivity contribution in [1.29, 1.82) is 0 Å². The van der Waals surface area contributed by atoms with E-state index in [0.717, 1.165) is 18.5 Å². The third-order valence-corrected chi connectivity index (χ3v) is 5.59. The molecule has 27 heavy (non-hydrogen) atoms. The van der Waals surface area contributed by atoms with Crippen LogP contribution in [0.25, 0.3) is 0 Å². The number of rotatable bonds is 5.